The first-order chi connectivity index (χ1) is 8.54. The van der Waals surface area contributed by atoms with Crippen LogP contribution in [-0.4, -0.2) is 35.3 Å². The average molecular weight is 335 g/mol. The monoisotopic (exact) mass is 333 g/mol. The van der Waals surface area contributed by atoms with Gasteiger partial charge in [0.15, 0.2) is 6.61 Å². The van der Waals surface area contributed by atoms with Crippen molar-refractivity contribution in [3.05, 3.63) is 29.3 Å². The maximum absolute atomic E-state index is 12.0. The van der Waals surface area contributed by atoms with Crippen LogP contribution in [0.25, 0.3) is 0 Å². The lowest BCUT2D eigenvalue weighted by Crippen LogP contribution is -2.41. The lowest BCUT2D eigenvalue weighted by atomic mass is 10.3. The number of nitrogens with zero attached hydrogens (tertiary/aromatic N) is 1. The molecule has 0 N–H and O–H groups in total. The second-order valence-electron chi connectivity index (χ2n) is 4.12. The molecule has 0 fully saturated rings. The number of carbonyl (C=O) groups excluding carboxylic acids is 1. The van der Waals surface area contributed by atoms with Crippen molar-refractivity contribution in [1.29, 1.82) is 0 Å². The summed E-state index contributed by atoms with van der Waals surface area (Å²) in [5.41, 5.74) is 0. The molecule has 3 nitrogen and oxygen atoms in total. The molecule has 1 amide bonds. The first-order valence-electron chi connectivity index (χ1n) is 5.78. The van der Waals surface area contributed by atoms with Crippen molar-refractivity contribution in [2.75, 3.05) is 18.5 Å². The zero-order valence-electron chi connectivity index (χ0n) is 10.5. The van der Waals surface area contributed by atoms with Gasteiger partial charge in [-0.3, -0.25) is 4.79 Å². The fourth-order valence-electron chi connectivity index (χ4n) is 1.55. The third-order valence-electron chi connectivity index (χ3n) is 2.43. The average Bonchev–Trinajstić information content (AvgIpc) is 2.32. The summed E-state index contributed by atoms with van der Waals surface area (Å²) in [7, 11) is 0. The van der Waals surface area contributed by atoms with Crippen LogP contribution in [0.3, 0.4) is 0 Å². The molecule has 0 radical (unpaired) electrons. The second kappa shape index (κ2) is 7.64. The summed E-state index contributed by atoms with van der Waals surface area (Å²) in [6, 6.07) is 7.20. The first-order valence-corrected chi connectivity index (χ1v) is 7.28. The Bertz CT molecular complexity index is 398. The van der Waals surface area contributed by atoms with Gasteiger partial charge in [0.1, 0.15) is 5.75 Å². The molecular weight excluding hydrogens is 318 g/mol. The summed E-state index contributed by atoms with van der Waals surface area (Å²) in [6.45, 7) is 4.68. The highest BCUT2D eigenvalue weighted by Crippen LogP contribution is 2.17. The summed E-state index contributed by atoms with van der Waals surface area (Å²) >= 11 is 9.18. The Hall–Kier alpha value is -0.740. The third-order valence-corrected chi connectivity index (χ3v) is 3.02. The quantitative estimate of drug-likeness (QED) is 0.747. The molecule has 0 bridgehead atoms. The molecular formula is C13H17BrClNO2. The van der Waals surface area contributed by atoms with E-state index in [9.17, 15) is 4.79 Å². The molecule has 1 aromatic carbocycles. The van der Waals surface area contributed by atoms with Gasteiger partial charge in [-0.1, -0.05) is 33.6 Å². The molecule has 1 aromatic rings. The van der Waals surface area contributed by atoms with Gasteiger partial charge in [-0.2, -0.15) is 0 Å². The number of amides is 1. The maximum atomic E-state index is 12.0. The topological polar surface area (TPSA) is 29.5 Å². The van der Waals surface area contributed by atoms with E-state index < -0.39 is 0 Å². The Morgan fingerprint density at radius 2 is 2.22 bits per heavy atom. The highest BCUT2D eigenvalue weighted by molar-refractivity contribution is 9.09. The summed E-state index contributed by atoms with van der Waals surface area (Å²) in [6.07, 6.45) is 0. The van der Waals surface area contributed by atoms with Gasteiger partial charge in [0.2, 0.25) is 0 Å². The van der Waals surface area contributed by atoms with Crippen molar-refractivity contribution in [3.63, 3.8) is 0 Å². The number of rotatable bonds is 6. The van der Waals surface area contributed by atoms with Crippen molar-refractivity contribution >= 4 is 33.4 Å². The number of ether oxygens (including phenoxy) is 1. The molecule has 0 aromatic heterocycles. The van der Waals surface area contributed by atoms with Gasteiger partial charge < -0.3 is 9.64 Å². The highest BCUT2D eigenvalue weighted by atomic mass is 79.9. The fraction of sp³-hybridized carbons (Fsp3) is 0.462. The number of benzene rings is 1. The minimum Gasteiger partial charge on any atom is -0.484 e. The minimum atomic E-state index is -0.0237. The van der Waals surface area contributed by atoms with Crippen LogP contribution in [0, 0.1) is 0 Å². The highest BCUT2D eigenvalue weighted by Gasteiger charge is 2.16. The van der Waals surface area contributed by atoms with Gasteiger partial charge >= 0.3 is 0 Å². The lowest BCUT2D eigenvalue weighted by Gasteiger charge is -2.25. The molecule has 0 saturated carbocycles. The predicted molar refractivity (Wildman–Crippen MR) is 77.6 cm³/mol. The van der Waals surface area contributed by atoms with E-state index in [1.54, 1.807) is 29.2 Å². The molecule has 100 valence electrons. The van der Waals surface area contributed by atoms with E-state index in [1.807, 2.05) is 13.8 Å². The van der Waals surface area contributed by atoms with E-state index >= 15 is 0 Å². The summed E-state index contributed by atoms with van der Waals surface area (Å²) in [5.74, 6) is 0.586. The summed E-state index contributed by atoms with van der Waals surface area (Å²) in [5, 5.41) is 1.36. The molecule has 0 aliphatic heterocycles. The summed E-state index contributed by atoms with van der Waals surface area (Å²) < 4.78 is 5.44. The van der Waals surface area contributed by atoms with E-state index in [2.05, 4.69) is 15.9 Å². The molecule has 0 heterocycles. The van der Waals surface area contributed by atoms with Gasteiger partial charge in [0.05, 0.1) is 0 Å². The van der Waals surface area contributed by atoms with Crippen molar-refractivity contribution in [1.82, 2.24) is 4.90 Å². The van der Waals surface area contributed by atoms with Crippen LogP contribution in [0.2, 0.25) is 5.02 Å². The largest absolute Gasteiger partial charge is 0.484 e. The Kier molecular flexibility index (Phi) is 6.50. The molecule has 1 rings (SSSR count). The normalized spacial score (nSPS) is 10.5. The maximum Gasteiger partial charge on any atom is 0.260 e. The Labute approximate surface area is 121 Å². The van der Waals surface area contributed by atoms with Crippen LogP contribution in [0.4, 0.5) is 0 Å². The second-order valence-corrected chi connectivity index (χ2v) is 5.35. The first kappa shape index (κ1) is 15.3. The zero-order valence-corrected chi connectivity index (χ0v) is 12.9. The SMILES string of the molecule is CC(C)N(CCBr)C(=O)COc1cccc(Cl)c1. The molecule has 0 aliphatic carbocycles. The van der Waals surface area contributed by atoms with Crippen LogP contribution in [0.1, 0.15) is 13.8 Å². The Morgan fingerprint density at radius 3 is 2.78 bits per heavy atom. The van der Waals surface area contributed by atoms with Crippen molar-refractivity contribution < 1.29 is 9.53 Å². The third kappa shape index (κ3) is 4.86. The van der Waals surface area contributed by atoms with Crippen molar-refractivity contribution in [3.8, 4) is 5.75 Å². The minimum absolute atomic E-state index is 0.0237. The van der Waals surface area contributed by atoms with Crippen LogP contribution in [0.5, 0.6) is 5.75 Å². The number of halogens is 2. The Balaban J connectivity index is 2.54. The van der Waals surface area contributed by atoms with Crippen molar-refractivity contribution in [2.24, 2.45) is 0 Å². The van der Waals surface area contributed by atoms with Crippen LogP contribution in [0.15, 0.2) is 24.3 Å². The standard InChI is InChI=1S/C13H17BrClNO2/c1-10(2)16(7-6-14)13(17)9-18-12-5-3-4-11(15)8-12/h3-5,8,10H,6-7,9H2,1-2H3. The van der Waals surface area contributed by atoms with Crippen molar-refractivity contribution in [2.45, 2.75) is 19.9 Å². The van der Waals surface area contributed by atoms with Crippen LogP contribution < -0.4 is 4.74 Å². The lowest BCUT2D eigenvalue weighted by molar-refractivity contribution is -0.134. The smallest absolute Gasteiger partial charge is 0.260 e. The summed E-state index contributed by atoms with van der Waals surface area (Å²) in [4.78, 5) is 13.8. The van der Waals surface area contributed by atoms with E-state index in [-0.39, 0.29) is 18.6 Å². The van der Waals surface area contributed by atoms with Gasteiger partial charge in [-0.05, 0) is 32.0 Å². The molecule has 0 saturated heterocycles. The van der Waals surface area contributed by atoms with E-state index in [0.717, 1.165) is 5.33 Å². The van der Waals surface area contributed by atoms with Gasteiger partial charge in [0, 0.05) is 22.9 Å². The van der Waals surface area contributed by atoms with E-state index in [4.69, 9.17) is 16.3 Å². The number of carbonyl (C=O) groups is 1. The van der Waals surface area contributed by atoms with Gasteiger partial charge in [-0.15, -0.1) is 0 Å². The van der Waals surface area contributed by atoms with Crippen LogP contribution >= 0.6 is 27.5 Å². The number of alkyl halides is 1. The zero-order chi connectivity index (χ0) is 13.5. The molecule has 0 atom stereocenters. The van der Waals surface area contributed by atoms with Gasteiger partial charge in [-0.25, -0.2) is 0 Å². The molecule has 5 heteroatoms. The molecule has 0 aliphatic rings. The van der Waals surface area contributed by atoms with E-state index in [0.29, 0.717) is 17.3 Å². The Morgan fingerprint density at radius 1 is 1.50 bits per heavy atom. The molecule has 0 unspecified atom stereocenters. The molecule has 18 heavy (non-hydrogen) atoms. The van der Waals surface area contributed by atoms with E-state index in [1.165, 1.54) is 0 Å². The molecule has 0 spiro atoms. The van der Waals surface area contributed by atoms with Crippen LogP contribution in [-0.2, 0) is 4.79 Å². The predicted octanol–water partition coefficient (Wildman–Crippen LogP) is 3.35. The fourth-order valence-corrected chi connectivity index (χ4v) is 2.11. The number of hydrogen-bond acceptors (Lipinski definition) is 2. The van der Waals surface area contributed by atoms with Gasteiger partial charge in [0.25, 0.3) is 5.91 Å². The number of hydrogen-bond donors (Lipinski definition) is 0.